The number of aryl methyl sites for hydroxylation is 1. The summed E-state index contributed by atoms with van der Waals surface area (Å²) >= 11 is 0. The minimum atomic E-state index is -4.33. The van der Waals surface area contributed by atoms with Gasteiger partial charge in [0, 0.05) is 5.56 Å². The van der Waals surface area contributed by atoms with Gasteiger partial charge in [-0.1, -0.05) is 17.7 Å². The zero-order valence-electron chi connectivity index (χ0n) is 9.60. The number of ether oxygens (including phenoxy) is 2. The van der Waals surface area contributed by atoms with E-state index in [9.17, 15) is 13.2 Å². The van der Waals surface area contributed by atoms with Crippen molar-refractivity contribution < 1.29 is 22.6 Å². The van der Waals surface area contributed by atoms with Crippen molar-refractivity contribution in [2.45, 2.75) is 18.5 Å². The molecular weight excluding hydrogens is 233 g/mol. The van der Waals surface area contributed by atoms with Crippen LogP contribution in [0.25, 0.3) is 0 Å². The molecule has 1 aliphatic heterocycles. The summed E-state index contributed by atoms with van der Waals surface area (Å²) in [6.45, 7) is 1.08. The standard InChI is InChI=1S/C12H13F3O2/c1-8-3-4-10(16-2)9(5-8)11(6-17-7-11)12(13,14)15/h3-5H,6-7H2,1-2H3. The lowest BCUT2D eigenvalue weighted by atomic mass is 9.77. The van der Waals surface area contributed by atoms with Gasteiger partial charge in [-0.05, 0) is 13.0 Å². The van der Waals surface area contributed by atoms with Gasteiger partial charge >= 0.3 is 6.18 Å². The molecular formula is C12H13F3O2. The summed E-state index contributed by atoms with van der Waals surface area (Å²) < 4.78 is 49.3. The van der Waals surface area contributed by atoms with Crippen molar-refractivity contribution in [3.63, 3.8) is 0 Å². The van der Waals surface area contributed by atoms with Crippen LogP contribution in [0.15, 0.2) is 18.2 Å². The van der Waals surface area contributed by atoms with Crippen LogP contribution in [0.4, 0.5) is 13.2 Å². The summed E-state index contributed by atoms with van der Waals surface area (Å²) in [6.07, 6.45) is -4.33. The van der Waals surface area contributed by atoms with Gasteiger partial charge in [0.05, 0.1) is 20.3 Å². The third-order valence-corrected chi connectivity index (χ3v) is 3.11. The number of rotatable bonds is 2. The van der Waals surface area contributed by atoms with Gasteiger partial charge in [0.2, 0.25) is 0 Å². The van der Waals surface area contributed by atoms with Crippen molar-refractivity contribution in [1.29, 1.82) is 0 Å². The minimum absolute atomic E-state index is 0.166. The zero-order valence-corrected chi connectivity index (χ0v) is 9.60. The van der Waals surface area contributed by atoms with Gasteiger partial charge in [0.1, 0.15) is 11.2 Å². The molecule has 0 aliphatic carbocycles. The van der Waals surface area contributed by atoms with Crippen LogP contribution in [-0.2, 0) is 10.2 Å². The average molecular weight is 246 g/mol. The van der Waals surface area contributed by atoms with Crippen LogP contribution < -0.4 is 4.74 Å². The van der Waals surface area contributed by atoms with Gasteiger partial charge < -0.3 is 9.47 Å². The maximum atomic E-state index is 13.2. The monoisotopic (exact) mass is 246 g/mol. The lowest BCUT2D eigenvalue weighted by molar-refractivity contribution is -0.262. The highest BCUT2D eigenvalue weighted by molar-refractivity contribution is 5.45. The molecule has 0 radical (unpaired) electrons. The molecule has 0 spiro atoms. The largest absolute Gasteiger partial charge is 0.496 e. The molecule has 94 valence electrons. The van der Waals surface area contributed by atoms with E-state index in [0.717, 1.165) is 5.56 Å². The summed E-state index contributed by atoms with van der Waals surface area (Å²) in [6, 6.07) is 4.82. The summed E-state index contributed by atoms with van der Waals surface area (Å²) in [5, 5.41) is 0. The first-order valence-corrected chi connectivity index (χ1v) is 5.20. The Kier molecular flexibility index (Phi) is 2.81. The maximum absolute atomic E-state index is 13.2. The highest BCUT2D eigenvalue weighted by Crippen LogP contribution is 2.49. The summed E-state index contributed by atoms with van der Waals surface area (Å²) in [4.78, 5) is 0. The van der Waals surface area contributed by atoms with Crippen LogP contribution in [0.3, 0.4) is 0 Å². The van der Waals surface area contributed by atoms with Crippen LogP contribution in [0.1, 0.15) is 11.1 Å². The number of hydrogen-bond acceptors (Lipinski definition) is 2. The zero-order chi connectivity index (χ0) is 12.7. The molecule has 1 heterocycles. The topological polar surface area (TPSA) is 18.5 Å². The molecule has 0 saturated carbocycles. The highest BCUT2D eigenvalue weighted by Gasteiger charge is 2.62. The van der Waals surface area contributed by atoms with Crippen molar-refractivity contribution >= 4 is 0 Å². The van der Waals surface area contributed by atoms with Crippen LogP contribution in [0.2, 0.25) is 0 Å². The molecule has 1 aromatic carbocycles. The molecule has 0 N–H and O–H groups in total. The normalized spacial score (nSPS) is 18.6. The van der Waals surface area contributed by atoms with Gasteiger partial charge in [-0.25, -0.2) is 0 Å². The molecule has 17 heavy (non-hydrogen) atoms. The molecule has 2 rings (SSSR count). The minimum Gasteiger partial charge on any atom is -0.496 e. The quantitative estimate of drug-likeness (QED) is 0.798. The van der Waals surface area contributed by atoms with Gasteiger partial charge in [0.25, 0.3) is 0 Å². The molecule has 0 bridgehead atoms. The van der Waals surface area contributed by atoms with Crippen molar-refractivity contribution in [2.75, 3.05) is 20.3 Å². The predicted molar refractivity (Wildman–Crippen MR) is 56.3 cm³/mol. The SMILES string of the molecule is COc1ccc(C)cc1C1(C(F)(F)F)COC1. The molecule has 0 amide bonds. The Balaban J connectivity index is 2.54. The molecule has 1 saturated heterocycles. The van der Waals surface area contributed by atoms with Crippen molar-refractivity contribution in [1.82, 2.24) is 0 Å². The third kappa shape index (κ3) is 1.78. The van der Waals surface area contributed by atoms with E-state index in [4.69, 9.17) is 9.47 Å². The summed E-state index contributed by atoms with van der Waals surface area (Å²) in [7, 11) is 1.37. The predicted octanol–water partition coefficient (Wildman–Crippen LogP) is 2.83. The Morgan fingerprint density at radius 2 is 1.94 bits per heavy atom. The van der Waals surface area contributed by atoms with Gasteiger partial charge in [-0.3, -0.25) is 0 Å². The second kappa shape index (κ2) is 3.91. The lowest BCUT2D eigenvalue weighted by Crippen LogP contribution is -2.57. The fourth-order valence-corrected chi connectivity index (χ4v) is 1.97. The first kappa shape index (κ1) is 12.2. The summed E-state index contributed by atoms with van der Waals surface area (Å²) in [5.74, 6) is 0.260. The van der Waals surface area contributed by atoms with E-state index in [-0.39, 0.29) is 24.5 Å². The molecule has 0 unspecified atom stereocenters. The van der Waals surface area contributed by atoms with E-state index in [1.165, 1.54) is 13.2 Å². The van der Waals surface area contributed by atoms with Gasteiger partial charge in [-0.2, -0.15) is 13.2 Å². The molecule has 1 aliphatic rings. The molecule has 0 aromatic heterocycles. The molecule has 5 heteroatoms. The Bertz CT molecular complexity index is 422. The number of methoxy groups -OCH3 is 1. The Labute approximate surface area is 97.3 Å². The fourth-order valence-electron chi connectivity index (χ4n) is 1.97. The van der Waals surface area contributed by atoms with E-state index >= 15 is 0 Å². The van der Waals surface area contributed by atoms with Crippen LogP contribution in [0, 0.1) is 6.92 Å². The van der Waals surface area contributed by atoms with E-state index < -0.39 is 11.6 Å². The number of benzene rings is 1. The summed E-state index contributed by atoms with van der Waals surface area (Å²) in [5.41, 5.74) is -0.972. The number of alkyl halides is 3. The highest BCUT2D eigenvalue weighted by atomic mass is 19.4. The first-order valence-electron chi connectivity index (χ1n) is 5.20. The van der Waals surface area contributed by atoms with Crippen LogP contribution >= 0.6 is 0 Å². The third-order valence-electron chi connectivity index (χ3n) is 3.11. The molecule has 0 atom stereocenters. The Morgan fingerprint density at radius 1 is 1.29 bits per heavy atom. The van der Waals surface area contributed by atoms with E-state index in [1.54, 1.807) is 19.1 Å². The van der Waals surface area contributed by atoms with E-state index in [2.05, 4.69) is 0 Å². The Hall–Kier alpha value is -1.23. The van der Waals surface area contributed by atoms with Crippen molar-refractivity contribution in [3.8, 4) is 5.75 Å². The van der Waals surface area contributed by atoms with Gasteiger partial charge in [0.15, 0.2) is 0 Å². The molecule has 2 nitrogen and oxygen atoms in total. The number of hydrogen-bond donors (Lipinski definition) is 0. The smallest absolute Gasteiger partial charge is 0.403 e. The van der Waals surface area contributed by atoms with Gasteiger partial charge in [-0.15, -0.1) is 0 Å². The van der Waals surface area contributed by atoms with E-state index in [0.29, 0.717) is 0 Å². The van der Waals surface area contributed by atoms with Crippen molar-refractivity contribution in [3.05, 3.63) is 29.3 Å². The lowest BCUT2D eigenvalue weighted by Gasteiger charge is -2.43. The van der Waals surface area contributed by atoms with Crippen molar-refractivity contribution in [2.24, 2.45) is 0 Å². The number of halogens is 3. The molecule has 1 fully saturated rings. The van der Waals surface area contributed by atoms with E-state index in [1.807, 2.05) is 0 Å². The van der Waals surface area contributed by atoms with Crippen LogP contribution in [-0.4, -0.2) is 26.5 Å². The second-order valence-corrected chi connectivity index (χ2v) is 4.28. The Morgan fingerprint density at radius 3 is 2.35 bits per heavy atom. The average Bonchev–Trinajstić information content (AvgIpc) is 2.14. The second-order valence-electron chi connectivity index (χ2n) is 4.28. The van der Waals surface area contributed by atoms with Crippen LogP contribution in [0.5, 0.6) is 5.75 Å². The molecule has 1 aromatic rings. The fraction of sp³-hybridized carbons (Fsp3) is 0.500. The maximum Gasteiger partial charge on any atom is 0.403 e. The first-order chi connectivity index (χ1) is 7.90.